The Morgan fingerprint density at radius 2 is 1.66 bits per heavy atom. The first-order chi connectivity index (χ1) is 14.1. The van der Waals surface area contributed by atoms with E-state index in [2.05, 4.69) is 0 Å². The van der Waals surface area contributed by atoms with Gasteiger partial charge < -0.3 is 19.3 Å². The van der Waals surface area contributed by atoms with Gasteiger partial charge in [0.1, 0.15) is 0 Å². The Morgan fingerprint density at radius 3 is 2.34 bits per heavy atom. The molecule has 6 heteroatoms. The fourth-order valence-corrected chi connectivity index (χ4v) is 5.42. The van der Waals surface area contributed by atoms with Gasteiger partial charge in [-0.15, -0.1) is 0 Å². The quantitative estimate of drug-likeness (QED) is 0.775. The first-order valence-corrected chi connectivity index (χ1v) is 10.9. The van der Waals surface area contributed by atoms with E-state index in [1.54, 1.807) is 20.3 Å². The SMILES string of the molecule is COc1cc2c(cc1OC)[C@@H](C(=O)N(C)C1CCCCC1)[C@@H]1CCCCN1C2=O. The van der Waals surface area contributed by atoms with Gasteiger partial charge in [-0.2, -0.15) is 0 Å². The highest BCUT2D eigenvalue weighted by molar-refractivity contribution is 6.02. The minimum Gasteiger partial charge on any atom is -0.493 e. The number of ether oxygens (including phenoxy) is 2. The molecular formula is C23H32N2O4. The molecule has 1 aliphatic carbocycles. The molecule has 0 spiro atoms. The topological polar surface area (TPSA) is 59.1 Å². The summed E-state index contributed by atoms with van der Waals surface area (Å²) < 4.78 is 10.9. The van der Waals surface area contributed by atoms with E-state index in [1.807, 2.05) is 22.9 Å². The van der Waals surface area contributed by atoms with Crippen LogP contribution in [0.15, 0.2) is 12.1 Å². The molecule has 2 amide bonds. The van der Waals surface area contributed by atoms with Crippen LogP contribution in [0, 0.1) is 0 Å². The third-order valence-corrected chi connectivity index (χ3v) is 7.05. The van der Waals surface area contributed by atoms with Crippen LogP contribution in [0.25, 0.3) is 0 Å². The molecule has 2 heterocycles. The van der Waals surface area contributed by atoms with Crippen molar-refractivity contribution in [2.75, 3.05) is 27.8 Å². The second kappa shape index (κ2) is 8.25. The zero-order valence-corrected chi connectivity index (χ0v) is 17.8. The highest BCUT2D eigenvalue weighted by Crippen LogP contribution is 2.43. The molecule has 0 bridgehead atoms. The molecule has 4 rings (SSSR count). The highest BCUT2D eigenvalue weighted by Gasteiger charge is 2.46. The van der Waals surface area contributed by atoms with Gasteiger partial charge in [0.2, 0.25) is 5.91 Å². The largest absolute Gasteiger partial charge is 0.493 e. The second-order valence-electron chi connectivity index (χ2n) is 8.57. The van der Waals surface area contributed by atoms with E-state index in [4.69, 9.17) is 9.47 Å². The van der Waals surface area contributed by atoms with Gasteiger partial charge in [0.25, 0.3) is 5.91 Å². The molecule has 0 unspecified atom stereocenters. The lowest BCUT2D eigenvalue weighted by atomic mass is 9.77. The number of carbonyl (C=O) groups is 2. The van der Waals surface area contributed by atoms with Crippen molar-refractivity contribution in [3.63, 3.8) is 0 Å². The summed E-state index contributed by atoms with van der Waals surface area (Å²) in [6.07, 6.45) is 8.67. The van der Waals surface area contributed by atoms with Gasteiger partial charge in [0, 0.05) is 31.2 Å². The molecule has 1 aromatic carbocycles. The molecule has 0 radical (unpaired) electrons. The number of carbonyl (C=O) groups excluding carboxylic acids is 2. The van der Waals surface area contributed by atoms with E-state index < -0.39 is 0 Å². The number of piperidine rings is 1. The Balaban J connectivity index is 1.77. The van der Waals surface area contributed by atoms with Gasteiger partial charge in [-0.05, 0) is 49.8 Å². The van der Waals surface area contributed by atoms with Gasteiger partial charge in [-0.3, -0.25) is 9.59 Å². The van der Waals surface area contributed by atoms with Crippen molar-refractivity contribution in [2.45, 2.75) is 69.4 Å². The average Bonchev–Trinajstić information content (AvgIpc) is 2.78. The standard InChI is InChI=1S/C23H32N2O4/c1-24(15-9-5-4-6-10-15)23(27)21-16-13-19(28-2)20(29-3)14-17(16)22(26)25-12-8-7-11-18(21)25/h13-15,18,21H,4-12H2,1-3H3/t18-,21+/m0/s1. The van der Waals surface area contributed by atoms with Crippen LogP contribution >= 0.6 is 0 Å². The molecule has 1 saturated heterocycles. The van der Waals surface area contributed by atoms with Crippen molar-refractivity contribution >= 4 is 11.8 Å². The summed E-state index contributed by atoms with van der Waals surface area (Å²) in [7, 11) is 5.11. The lowest BCUT2D eigenvalue weighted by Gasteiger charge is -2.46. The van der Waals surface area contributed by atoms with Gasteiger partial charge in [-0.1, -0.05) is 19.3 Å². The monoisotopic (exact) mass is 400 g/mol. The molecule has 0 N–H and O–H groups in total. The van der Waals surface area contributed by atoms with Crippen molar-refractivity contribution in [2.24, 2.45) is 0 Å². The molecule has 6 nitrogen and oxygen atoms in total. The fraction of sp³-hybridized carbons (Fsp3) is 0.652. The molecule has 0 aromatic heterocycles. The van der Waals surface area contributed by atoms with E-state index in [9.17, 15) is 9.59 Å². The Bertz CT molecular complexity index is 787. The molecule has 1 aromatic rings. The Morgan fingerprint density at radius 1 is 1.00 bits per heavy atom. The maximum Gasteiger partial charge on any atom is 0.254 e. The lowest BCUT2D eigenvalue weighted by Crippen LogP contribution is -2.55. The van der Waals surface area contributed by atoms with Crippen LogP contribution in [-0.2, 0) is 4.79 Å². The average molecular weight is 401 g/mol. The third kappa shape index (κ3) is 3.47. The van der Waals surface area contributed by atoms with E-state index in [0.29, 0.717) is 29.6 Å². The summed E-state index contributed by atoms with van der Waals surface area (Å²) in [6.45, 7) is 0.716. The molecule has 2 atom stereocenters. The normalized spacial score (nSPS) is 24.5. The number of methoxy groups -OCH3 is 2. The Labute approximate surface area is 173 Å². The van der Waals surface area contributed by atoms with E-state index in [0.717, 1.165) is 37.7 Å². The van der Waals surface area contributed by atoms with Crippen LogP contribution in [0.1, 0.15) is 73.2 Å². The highest BCUT2D eigenvalue weighted by atomic mass is 16.5. The number of hydrogen-bond donors (Lipinski definition) is 0. The minimum atomic E-state index is -0.338. The fourth-order valence-electron chi connectivity index (χ4n) is 5.42. The predicted octanol–water partition coefficient (Wildman–Crippen LogP) is 3.59. The van der Waals surface area contributed by atoms with Crippen LogP contribution in [-0.4, -0.2) is 61.5 Å². The first kappa shape index (κ1) is 20.0. The maximum absolute atomic E-state index is 13.8. The van der Waals surface area contributed by atoms with Crippen molar-refractivity contribution in [3.8, 4) is 11.5 Å². The molecule has 29 heavy (non-hydrogen) atoms. The van der Waals surface area contributed by atoms with Gasteiger partial charge in [-0.25, -0.2) is 0 Å². The second-order valence-corrected chi connectivity index (χ2v) is 8.57. The van der Waals surface area contributed by atoms with Crippen molar-refractivity contribution < 1.29 is 19.1 Å². The van der Waals surface area contributed by atoms with E-state index in [-0.39, 0.29) is 23.8 Å². The van der Waals surface area contributed by atoms with Gasteiger partial charge in [0.15, 0.2) is 11.5 Å². The number of nitrogens with zero attached hydrogens (tertiary/aromatic N) is 2. The summed E-state index contributed by atoms with van der Waals surface area (Å²) in [4.78, 5) is 30.9. The first-order valence-electron chi connectivity index (χ1n) is 10.9. The molecular weight excluding hydrogens is 368 g/mol. The molecule has 2 fully saturated rings. The van der Waals surface area contributed by atoms with Crippen LogP contribution in [0.5, 0.6) is 11.5 Å². The number of benzene rings is 1. The van der Waals surface area contributed by atoms with E-state index >= 15 is 0 Å². The zero-order valence-electron chi connectivity index (χ0n) is 17.8. The van der Waals surface area contributed by atoms with Crippen molar-refractivity contribution in [1.29, 1.82) is 0 Å². The third-order valence-electron chi connectivity index (χ3n) is 7.05. The maximum atomic E-state index is 13.8. The number of hydrogen-bond acceptors (Lipinski definition) is 4. The number of rotatable bonds is 4. The van der Waals surface area contributed by atoms with Crippen LogP contribution in [0.3, 0.4) is 0 Å². The summed E-state index contributed by atoms with van der Waals surface area (Å²) in [5.41, 5.74) is 1.37. The van der Waals surface area contributed by atoms with Gasteiger partial charge >= 0.3 is 0 Å². The van der Waals surface area contributed by atoms with Crippen LogP contribution < -0.4 is 9.47 Å². The van der Waals surface area contributed by atoms with Crippen molar-refractivity contribution in [3.05, 3.63) is 23.3 Å². The van der Waals surface area contributed by atoms with Crippen molar-refractivity contribution in [1.82, 2.24) is 9.80 Å². The Hall–Kier alpha value is -2.24. The molecule has 3 aliphatic rings. The number of fused-ring (bicyclic) bond motifs is 2. The molecule has 1 saturated carbocycles. The van der Waals surface area contributed by atoms with Gasteiger partial charge in [0.05, 0.1) is 20.1 Å². The molecule has 158 valence electrons. The van der Waals surface area contributed by atoms with Crippen LogP contribution in [0.2, 0.25) is 0 Å². The van der Waals surface area contributed by atoms with E-state index in [1.165, 1.54) is 19.3 Å². The smallest absolute Gasteiger partial charge is 0.254 e. The lowest BCUT2D eigenvalue weighted by molar-refractivity contribution is -0.136. The predicted molar refractivity (Wildman–Crippen MR) is 111 cm³/mol. The number of amides is 2. The summed E-state index contributed by atoms with van der Waals surface area (Å²) in [5, 5.41) is 0. The number of likely N-dealkylation sites (N-methyl/N-ethyl adjacent to an activating group) is 1. The van der Waals surface area contributed by atoms with Crippen LogP contribution in [0.4, 0.5) is 0 Å². The summed E-state index contributed by atoms with van der Waals surface area (Å²) >= 11 is 0. The molecule has 2 aliphatic heterocycles. The summed E-state index contributed by atoms with van der Waals surface area (Å²) in [6, 6.07) is 3.84. The summed E-state index contributed by atoms with van der Waals surface area (Å²) in [5.74, 6) is 0.905. The Kier molecular flexibility index (Phi) is 5.70. The minimum absolute atomic E-state index is 0.00928. The zero-order chi connectivity index (χ0) is 20.5.